The molecule has 0 aliphatic carbocycles. The Morgan fingerprint density at radius 2 is 2.13 bits per heavy atom. The summed E-state index contributed by atoms with van der Waals surface area (Å²) in [5.41, 5.74) is 0.527. The first kappa shape index (κ1) is 10.1. The van der Waals surface area contributed by atoms with E-state index in [1.165, 1.54) is 5.06 Å². The van der Waals surface area contributed by atoms with Crippen molar-refractivity contribution in [3.63, 3.8) is 0 Å². The standard InChI is InChI=1S/C11H13NO3/c13-10-6-7-12(8-10)15-11(14)9-4-2-1-3-5-9/h1-5,10,13H,6-8H2. The molecule has 1 aliphatic heterocycles. The van der Waals surface area contributed by atoms with E-state index < -0.39 is 0 Å². The third-order valence-corrected chi connectivity index (χ3v) is 2.35. The molecule has 0 spiro atoms. The maximum absolute atomic E-state index is 11.6. The second-order valence-electron chi connectivity index (χ2n) is 3.58. The summed E-state index contributed by atoms with van der Waals surface area (Å²) in [7, 11) is 0. The molecule has 1 aromatic carbocycles. The predicted octanol–water partition coefficient (Wildman–Crippen LogP) is 0.825. The Morgan fingerprint density at radius 3 is 2.73 bits per heavy atom. The van der Waals surface area contributed by atoms with E-state index in [0.717, 1.165) is 0 Å². The Balaban J connectivity index is 1.93. The van der Waals surface area contributed by atoms with Crippen LogP contribution >= 0.6 is 0 Å². The minimum atomic E-state index is -0.381. The van der Waals surface area contributed by atoms with E-state index >= 15 is 0 Å². The Bertz CT molecular complexity index is 339. The molecule has 1 fully saturated rings. The molecule has 2 rings (SSSR count). The van der Waals surface area contributed by atoms with Crippen LogP contribution < -0.4 is 0 Å². The molecule has 0 aromatic heterocycles. The summed E-state index contributed by atoms with van der Waals surface area (Å²) in [4.78, 5) is 16.7. The monoisotopic (exact) mass is 207 g/mol. The fourth-order valence-electron chi connectivity index (χ4n) is 1.54. The molecule has 1 unspecified atom stereocenters. The van der Waals surface area contributed by atoms with Gasteiger partial charge in [0.05, 0.1) is 18.2 Å². The Hall–Kier alpha value is -1.39. The molecule has 1 saturated heterocycles. The van der Waals surface area contributed by atoms with Gasteiger partial charge >= 0.3 is 5.97 Å². The molecule has 1 atom stereocenters. The average Bonchev–Trinajstić information content (AvgIpc) is 2.65. The van der Waals surface area contributed by atoms with Crippen LogP contribution in [0.5, 0.6) is 0 Å². The van der Waals surface area contributed by atoms with Crippen molar-refractivity contribution in [3.8, 4) is 0 Å². The number of aliphatic hydroxyl groups is 1. The molecule has 15 heavy (non-hydrogen) atoms. The number of hydroxylamine groups is 2. The van der Waals surface area contributed by atoms with Crippen molar-refractivity contribution >= 4 is 5.97 Å². The fraction of sp³-hybridized carbons (Fsp3) is 0.364. The first-order chi connectivity index (χ1) is 7.25. The van der Waals surface area contributed by atoms with Crippen LogP contribution in [0.4, 0.5) is 0 Å². The van der Waals surface area contributed by atoms with E-state index in [9.17, 15) is 9.90 Å². The first-order valence-electron chi connectivity index (χ1n) is 4.96. The topological polar surface area (TPSA) is 49.8 Å². The van der Waals surface area contributed by atoms with Crippen LogP contribution in [0, 0.1) is 0 Å². The van der Waals surface area contributed by atoms with Gasteiger partial charge in [0.2, 0.25) is 0 Å². The van der Waals surface area contributed by atoms with Gasteiger partial charge in [0.1, 0.15) is 0 Å². The molecule has 0 amide bonds. The molecule has 0 bridgehead atoms. The largest absolute Gasteiger partial charge is 0.392 e. The summed E-state index contributed by atoms with van der Waals surface area (Å²) in [6, 6.07) is 8.82. The van der Waals surface area contributed by atoms with E-state index in [2.05, 4.69) is 0 Å². The Labute approximate surface area is 88.0 Å². The molecular weight excluding hydrogens is 194 g/mol. The maximum Gasteiger partial charge on any atom is 0.357 e. The number of rotatable bonds is 2. The lowest BCUT2D eigenvalue weighted by molar-refractivity contribution is -0.0981. The predicted molar refractivity (Wildman–Crippen MR) is 54.1 cm³/mol. The zero-order chi connectivity index (χ0) is 10.7. The Kier molecular flexibility index (Phi) is 2.99. The highest BCUT2D eigenvalue weighted by molar-refractivity contribution is 5.89. The number of hydrogen-bond acceptors (Lipinski definition) is 4. The summed E-state index contributed by atoms with van der Waals surface area (Å²) in [5, 5.41) is 10.8. The lowest BCUT2D eigenvalue weighted by Crippen LogP contribution is -2.26. The SMILES string of the molecule is O=C(ON1CCC(O)C1)c1ccccc1. The molecule has 4 heteroatoms. The molecule has 1 heterocycles. The van der Waals surface area contributed by atoms with Crippen LogP contribution in [0.25, 0.3) is 0 Å². The number of β-amino-alcohol motifs (C(OH)–C–C–N with tert-alkyl or cyclic N) is 1. The van der Waals surface area contributed by atoms with Crippen molar-refractivity contribution in [3.05, 3.63) is 35.9 Å². The zero-order valence-electron chi connectivity index (χ0n) is 8.30. The summed E-state index contributed by atoms with van der Waals surface area (Å²) in [5.74, 6) is -0.371. The fourth-order valence-corrected chi connectivity index (χ4v) is 1.54. The average molecular weight is 207 g/mol. The van der Waals surface area contributed by atoms with Crippen LogP contribution in [-0.4, -0.2) is 35.3 Å². The highest BCUT2D eigenvalue weighted by Gasteiger charge is 2.23. The van der Waals surface area contributed by atoms with Crippen LogP contribution in [0.15, 0.2) is 30.3 Å². The molecule has 80 valence electrons. The molecule has 1 N–H and O–H groups in total. The summed E-state index contributed by atoms with van der Waals surface area (Å²) < 4.78 is 0. The van der Waals surface area contributed by atoms with Gasteiger partial charge < -0.3 is 9.94 Å². The molecule has 1 aliphatic rings. The van der Waals surface area contributed by atoms with E-state index in [1.807, 2.05) is 6.07 Å². The lowest BCUT2D eigenvalue weighted by atomic mass is 10.2. The smallest absolute Gasteiger partial charge is 0.357 e. The quantitative estimate of drug-likeness (QED) is 0.780. The van der Waals surface area contributed by atoms with E-state index in [0.29, 0.717) is 25.1 Å². The van der Waals surface area contributed by atoms with Crippen molar-refractivity contribution in [2.45, 2.75) is 12.5 Å². The van der Waals surface area contributed by atoms with Gasteiger partial charge in [-0.2, -0.15) is 0 Å². The van der Waals surface area contributed by atoms with Crippen molar-refractivity contribution in [2.24, 2.45) is 0 Å². The van der Waals surface area contributed by atoms with Gasteiger partial charge in [0.15, 0.2) is 0 Å². The van der Waals surface area contributed by atoms with Crippen molar-refractivity contribution in [1.29, 1.82) is 0 Å². The number of carbonyl (C=O) groups excluding carboxylic acids is 1. The number of aliphatic hydroxyl groups excluding tert-OH is 1. The minimum absolute atomic E-state index is 0.371. The van der Waals surface area contributed by atoms with Gasteiger partial charge in [-0.1, -0.05) is 18.2 Å². The van der Waals surface area contributed by atoms with Crippen LogP contribution in [0.2, 0.25) is 0 Å². The van der Waals surface area contributed by atoms with Gasteiger partial charge in [-0.25, -0.2) is 4.79 Å². The highest BCUT2D eigenvalue weighted by atomic mass is 16.7. The van der Waals surface area contributed by atoms with Crippen LogP contribution in [-0.2, 0) is 4.84 Å². The Morgan fingerprint density at radius 1 is 1.40 bits per heavy atom. The first-order valence-corrected chi connectivity index (χ1v) is 4.96. The number of nitrogens with zero attached hydrogens (tertiary/aromatic N) is 1. The van der Waals surface area contributed by atoms with Crippen molar-refractivity contribution < 1.29 is 14.7 Å². The molecule has 1 aromatic rings. The number of benzene rings is 1. The second kappa shape index (κ2) is 4.42. The third-order valence-electron chi connectivity index (χ3n) is 2.35. The van der Waals surface area contributed by atoms with E-state index in [-0.39, 0.29) is 12.1 Å². The lowest BCUT2D eigenvalue weighted by Gasteiger charge is -2.14. The van der Waals surface area contributed by atoms with Gasteiger partial charge in [0.25, 0.3) is 0 Å². The van der Waals surface area contributed by atoms with Crippen molar-refractivity contribution in [1.82, 2.24) is 5.06 Å². The maximum atomic E-state index is 11.6. The highest BCUT2D eigenvalue weighted by Crippen LogP contribution is 2.11. The second-order valence-corrected chi connectivity index (χ2v) is 3.58. The van der Waals surface area contributed by atoms with Gasteiger partial charge in [-0.05, 0) is 18.6 Å². The van der Waals surface area contributed by atoms with Gasteiger partial charge in [0, 0.05) is 6.54 Å². The van der Waals surface area contributed by atoms with Gasteiger partial charge in [-0.15, -0.1) is 5.06 Å². The summed E-state index contributed by atoms with van der Waals surface area (Å²) >= 11 is 0. The van der Waals surface area contributed by atoms with Crippen LogP contribution in [0.1, 0.15) is 16.8 Å². The summed E-state index contributed by atoms with van der Waals surface area (Å²) in [6.45, 7) is 0.998. The minimum Gasteiger partial charge on any atom is -0.392 e. The summed E-state index contributed by atoms with van der Waals surface area (Å²) in [6.07, 6.45) is 0.274. The van der Waals surface area contributed by atoms with Crippen LogP contribution in [0.3, 0.4) is 0 Å². The van der Waals surface area contributed by atoms with Gasteiger partial charge in [-0.3, -0.25) is 0 Å². The normalized spacial score (nSPS) is 21.5. The van der Waals surface area contributed by atoms with E-state index in [4.69, 9.17) is 4.84 Å². The van der Waals surface area contributed by atoms with E-state index in [1.54, 1.807) is 24.3 Å². The number of hydrogen-bond donors (Lipinski definition) is 1. The van der Waals surface area contributed by atoms with Crippen molar-refractivity contribution in [2.75, 3.05) is 13.1 Å². The molecular formula is C11H13NO3. The number of carbonyl (C=O) groups is 1. The molecule has 0 radical (unpaired) electrons. The third kappa shape index (κ3) is 2.55. The molecule has 0 saturated carbocycles. The molecule has 4 nitrogen and oxygen atoms in total. The zero-order valence-corrected chi connectivity index (χ0v) is 8.30.